The minimum atomic E-state index is -4.89. The van der Waals surface area contributed by atoms with E-state index in [1.165, 1.54) is 29.2 Å². The normalized spacial score (nSPS) is 12.3. The van der Waals surface area contributed by atoms with Crippen LogP contribution in [0.3, 0.4) is 0 Å². The van der Waals surface area contributed by atoms with Crippen LogP contribution >= 0.6 is 11.6 Å². The van der Waals surface area contributed by atoms with Crippen molar-refractivity contribution in [3.63, 3.8) is 0 Å². The second-order valence-corrected chi connectivity index (χ2v) is 13.3. The van der Waals surface area contributed by atoms with Crippen LogP contribution in [0.2, 0.25) is 5.02 Å². The first kappa shape index (κ1) is 35.5. The molecule has 0 radical (unpaired) electrons. The molecular weight excluding hydrogens is 651 g/mol. The van der Waals surface area contributed by atoms with E-state index in [0.29, 0.717) is 28.9 Å². The van der Waals surface area contributed by atoms with Gasteiger partial charge in [-0.3, -0.25) is 13.9 Å². The fraction of sp³-hybridized carbons (Fsp3) is 0.257. The predicted molar refractivity (Wildman–Crippen MR) is 176 cm³/mol. The zero-order valence-corrected chi connectivity index (χ0v) is 27.4. The summed E-state index contributed by atoms with van der Waals surface area (Å²) in [6.07, 6.45) is -4.15. The van der Waals surface area contributed by atoms with E-state index in [1.54, 1.807) is 30.3 Å². The molecule has 248 valence electrons. The molecular formula is C35H35ClF3N3O4S. The molecule has 0 fully saturated rings. The highest BCUT2D eigenvalue weighted by Crippen LogP contribution is 2.38. The number of sulfonamides is 1. The predicted octanol–water partition coefficient (Wildman–Crippen LogP) is 7.03. The van der Waals surface area contributed by atoms with Gasteiger partial charge in [0.2, 0.25) is 11.8 Å². The van der Waals surface area contributed by atoms with Gasteiger partial charge in [-0.15, -0.1) is 0 Å². The fourth-order valence-corrected chi connectivity index (χ4v) is 6.60. The average molecular weight is 686 g/mol. The van der Waals surface area contributed by atoms with Gasteiger partial charge in [0.05, 0.1) is 21.2 Å². The highest BCUT2D eigenvalue weighted by atomic mass is 35.5. The highest BCUT2D eigenvalue weighted by molar-refractivity contribution is 7.92. The molecule has 4 aromatic rings. The van der Waals surface area contributed by atoms with Crippen LogP contribution in [0.4, 0.5) is 18.9 Å². The van der Waals surface area contributed by atoms with Crippen molar-refractivity contribution in [2.24, 2.45) is 0 Å². The van der Waals surface area contributed by atoms with Gasteiger partial charge in [-0.25, -0.2) is 8.42 Å². The van der Waals surface area contributed by atoms with E-state index >= 15 is 0 Å². The first-order valence-electron chi connectivity index (χ1n) is 14.9. The molecule has 0 aliphatic heterocycles. The van der Waals surface area contributed by atoms with Crippen molar-refractivity contribution in [1.82, 2.24) is 10.2 Å². The van der Waals surface area contributed by atoms with Crippen molar-refractivity contribution in [3.05, 3.63) is 130 Å². The van der Waals surface area contributed by atoms with Crippen LogP contribution in [0.25, 0.3) is 0 Å². The third kappa shape index (κ3) is 9.14. The third-order valence-electron chi connectivity index (χ3n) is 7.45. The molecule has 0 unspecified atom stereocenters. The van der Waals surface area contributed by atoms with Gasteiger partial charge in [0.15, 0.2) is 0 Å². The lowest BCUT2D eigenvalue weighted by atomic mass is 10.0. The van der Waals surface area contributed by atoms with Crippen molar-refractivity contribution < 1.29 is 31.2 Å². The molecule has 4 rings (SSSR count). The standard InChI is InChI=1S/C35H35ClF3N3O4S/c1-3-20-40-34(44)32(21-26-10-6-4-7-11-26)41(23-27-16-14-25(2)15-17-27)33(43)24-42(47(45,46)29-12-8-5-9-13-29)28-18-19-31(36)30(22-28)35(37,38)39/h4-19,22,32H,3,20-21,23-24H2,1-2H3,(H,40,44)/t32-/m1/s1. The number of anilines is 1. The Labute approximate surface area is 278 Å². The molecule has 0 aliphatic rings. The van der Waals surface area contributed by atoms with Crippen LogP contribution in [0.5, 0.6) is 0 Å². The highest BCUT2D eigenvalue weighted by Gasteiger charge is 2.37. The number of carbonyl (C=O) groups is 2. The Bertz CT molecular complexity index is 1770. The second kappa shape index (κ2) is 15.5. The first-order valence-corrected chi connectivity index (χ1v) is 16.7. The van der Waals surface area contributed by atoms with Crippen LogP contribution in [-0.2, 0) is 38.8 Å². The van der Waals surface area contributed by atoms with Gasteiger partial charge in [-0.1, -0.05) is 96.9 Å². The molecule has 0 heterocycles. The van der Waals surface area contributed by atoms with Crippen molar-refractivity contribution in [3.8, 4) is 0 Å². The number of amides is 2. The largest absolute Gasteiger partial charge is 0.417 e. The lowest BCUT2D eigenvalue weighted by Crippen LogP contribution is -2.53. The Kier molecular flexibility index (Phi) is 11.7. The van der Waals surface area contributed by atoms with Gasteiger partial charge < -0.3 is 10.2 Å². The Morgan fingerprint density at radius 1 is 0.872 bits per heavy atom. The number of nitrogens with one attached hydrogen (secondary N) is 1. The molecule has 0 saturated carbocycles. The minimum absolute atomic E-state index is 0.0657. The molecule has 1 atom stereocenters. The fourth-order valence-electron chi connectivity index (χ4n) is 4.94. The van der Waals surface area contributed by atoms with Crippen LogP contribution < -0.4 is 9.62 Å². The molecule has 7 nitrogen and oxygen atoms in total. The monoisotopic (exact) mass is 685 g/mol. The molecule has 0 spiro atoms. The van der Waals surface area contributed by atoms with Gasteiger partial charge >= 0.3 is 6.18 Å². The summed E-state index contributed by atoms with van der Waals surface area (Å²) in [5.41, 5.74) is 0.733. The summed E-state index contributed by atoms with van der Waals surface area (Å²) in [4.78, 5) is 29.2. The molecule has 0 saturated heterocycles. The van der Waals surface area contributed by atoms with Crippen LogP contribution in [-0.4, -0.2) is 44.3 Å². The van der Waals surface area contributed by atoms with Gasteiger partial charge in [0.1, 0.15) is 12.6 Å². The maximum Gasteiger partial charge on any atom is 0.417 e. The number of benzene rings is 4. The lowest BCUT2D eigenvalue weighted by Gasteiger charge is -2.34. The van der Waals surface area contributed by atoms with Crippen molar-refractivity contribution in [2.45, 2.75) is 50.3 Å². The molecule has 0 bridgehead atoms. The minimum Gasteiger partial charge on any atom is -0.354 e. The van der Waals surface area contributed by atoms with Crippen molar-refractivity contribution in [2.75, 3.05) is 17.4 Å². The Hall–Kier alpha value is -4.35. The van der Waals surface area contributed by atoms with Crippen molar-refractivity contribution >= 4 is 39.1 Å². The van der Waals surface area contributed by atoms with E-state index < -0.39 is 56.9 Å². The number of alkyl halides is 3. The quantitative estimate of drug-likeness (QED) is 0.164. The molecule has 4 aromatic carbocycles. The SMILES string of the molecule is CCCNC(=O)[C@@H](Cc1ccccc1)N(Cc1ccc(C)cc1)C(=O)CN(c1ccc(Cl)c(C(F)(F)F)c1)S(=O)(=O)c1ccccc1. The third-order valence-corrected chi connectivity index (χ3v) is 9.56. The number of aryl methyl sites for hydroxylation is 1. The Morgan fingerprint density at radius 2 is 1.49 bits per heavy atom. The van der Waals surface area contributed by atoms with Crippen LogP contribution in [0.15, 0.2) is 108 Å². The first-order chi connectivity index (χ1) is 22.3. The number of halogens is 4. The van der Waals surface area contributed by atoms with Crippen molar-refractivity contribution in [1.29, 1.82) is 0 Å². The van der Waals surface area contributed by atoms with E-state index in [0.717, 1.165) is 23.3 Å². The lowest BCUT2D eigenvalue weighted by molar-refractivity contribution is -0.140. The maximum atomic E-state index is 14.4. The summed E-state index contributed by atoms with van der Waals surface area (Å²) in [5.74, 6) is -1.24. The Morgan fingerprint density at radius 3 is 2.09 bits per heavy atom. The maximum absolute atomic E-state index is 14.4. The molecule has 2 amide bonds. The Balaban J connectivity index is 1.84. The summed E-state index contributed by atoms with van der Waals surface area (Å²) in [5, 5.41) is 2.23. The summed E-state index contributed by atoms with van der Waals surface area (Å²) in [7, 11) is -4.58. The number of carbonyl (C=O) groups excluding carboxylic acids is 2. The zero-order chi connectivity index (χ0) is 34.2. The smallest absolute Gasteiger partial charge is 0.354 e. The number of hydrogen-bond donors (Lipinski definition) is 1. The summed E-state index contributed by atoms with van der Waals surface area (Å²) < 4.78 is 70.4. The zero-order valence-electron chi connectivity index (χ0n) is 25.9. The topological polar surface area (TPSA) is 86.8 Å². The summed E-state index contributed by atoms with van der Waals surface area (Å²) in [6.45, 7) is 3.17. The molecule has 0 aromatic heterocycles. The van der Waals surface area contributed by atoms with Gasteiger partial charge in [-0.05, 0) is 54.8 Å². The molecule has 12 heteroatoms. The van der Waals surface area contributed by atoms with Crippen LogP contribution in [0, 0.1) is 6.92 Å². The average Bonchev–Trinajstić information content (AvgIpc) is 3.05. The van der Waals surface area contributed by atoms with E-state index in [4.69, 9.17) is 11.6 Å². The van der Waals surface area contributed by atoms with E-state index in [1.807, 2.05) is 44.2 Å². The van der Waals surface area contributed by atoms with E-state index in [2.05, 4.69) is 5.32 Å². The van der Waals surface area contributed by atoms with Gasteiger partial charge in [0.25, 0.3) is 10.0 Å². The van der Waals surface area contributed by atoms with E-state index in [-0.39, 0.29) is 17.9 Å². The van der Waals surface area contributed by atoms with Gasteiger partial charge in [-0.2, -0.15) is 13.2 Å². The molecule has 0 aliphatic carbocycles. The number of nitrogens with zero attached hydrogens (tertiary/aromatic N) is 2. The molecule has 47 heavy (non-hydrogen) atoms. The van der Waals surface area contributed by atoms with Gasteiger partial charge in [0, 0.05) is 19.5 Å². The second-order valence-electron chi connectivity index (χ2n) is 11.0. The summed E-state index contributed by atoms with van der Waals surface area (Å²) in [6, 6.07) is 25.0. The number of rotatable bonds is 13. The number of hydrogen-bond acceptors (Lipinski definition) is 4. The molecule has 1 N–H and O–H groups in total. The van der Waals surface area contributed by atoms with E-state index in [9.17, 15) is 31.2 Å². The summed E-state index contributed by atoms with van der Waals surface area (Å²) >= 11 is 5.86. The van der Waals surface area contributed by atoms with Crippen LogP contribution in [0.1, 0.15) is 35.6 Å².